The number of imide groups is 1. The van der Waals surface area contributed by atoms with Gasteiger partial charge < -0.3 is 5.32 Å². The Morgan fingerprint density at radius 3 is 2.23 bits per heavy atom. The Hall–Kier alpha value is -2.80. The van der Waals surface area contributed by atoms with E-state index in [1.807, 2.05) is 19.1 Å². The van der Waals surface area contributed by atoms with E-state index in [4.69, 9.17) is 23.2 Å². The van der Waals surface area contributed by atoms with Crippen LogP contribution in [0.3, 0.4) is 0 Å². The van der Waals surface area contributed by atoms with Crippen molar-refractivity contribution in [3.63, 3.8) is 0 Å². The number of carbonyl (C=O) groups excluding carboxylic acids is 2. The van der Waals surface area contributed by atoms with Gasteiger partial charge in [0.15, 0.2) is 0 Å². The summed E-state index contributed by atoms with van der Waals surface area (Å²) in [5.74, 6) is -1.54. The van der Waals surface area contributed by atoms with Gasteiger partial charge in [0.25, 0.3) is 11.8 Å². The van der Waals surface area contributed by atoms with Crippen LogP contribution in [0.4, 0.5) is 15.8 Å². The molecule has 0 saturated heterocycles. The van der Waals surface area contributed by atoms with Crippen LogP contribution in [0.25, 0.3) is 0 Å². The quantitative estimate of drug-likeness (QED) is 0.434. The van der Waals surface area contributed by atoms with Gasteiger partial charge >= 0.3 is 0 Å². The second kappa shape index (κ2) is 8.75. The van der Waals surface area contributed by atoms with Gasteiger partial charge in [0.1, 0.15) is 16.4 Å². The molecule has 156 valence electrons. The first-order valence-corrected chi connectivity index (χ1v) is 10.8. The number of thioether (sulfide) groups is 1. The van der Waals surface area contributed by atoms with Crippen LogP contribution >= 0.6 is 35.0 Å². The van der Waals surface area contributed by atoms with Crippen LogP contribution in [0.1, 0.15) is 5.56 Å². The summed E-state index contributed by atoms with van der Waals surface area (Å²) in [6.45, 7) is 1.92. The van der Waals surface area contributed by atoms with Gasteiger partial charge in [-0.1, -0.05) is 52.7 Å². The van der Waals surface area contributed by atoms with Crippen molar-refractivity contribution in [3.8, 4) is 0 Å². The molecule has 0 aromatic heterocycles. The summed E-state index contributed by atoms with van der Waals surface area (Å²) >= 11 is 13.0. The number of hydrogen-bond acceptors (Lipinski definition) is 4. The Labute approximate surface area is 192 Å². The number of nitrogens with zero attached hydrogens (tertiary/aromatic N) is 1. The van der Waals surface area contributed by atoms with Crippen LogP contribution < -0.4 is 10.2 Å². The van der Waals surface area contributed by atoms with E-state index in [-0.39, 0.29) is 15.6 Å². The third-order valence-corrected chi connectivity index (χ3v) is 6.19. The van der Waals surface area contributed by atoms with Gasteiger partial charge in [0.2, 0.25) is 0 Å². The minimum atomic E-state index is -0.577. The average Bonchev–Trinajstić information content (AvgIpc) is 2.97. The Bertz CT molecular complexity index is 1210. The first kappa shape index (κ1) is 21.4. The highest BCUT2D eigenvalue weighted by Gasteiger charge is 2.40. The van der Waals surface area contributed by atoms with E-state index in [2.05, 4.69) is 5.32 Å². The third kappa shape index (κ3) is 4.46. The lowest BCUT2D eigenvalue weighted by Gasteiger charge is -2.15. The number of amides is 2. The summed E-state index contributed by atoms with van der Waals surface area (Å²) in [5, 5.41) is 3.42. The summed E-state index contributed by atoms with van der Waals surface area (Å²) in [6, 6.07) is 18.0. The van der Waals surface area contributed by atoms with Crippen molar-refractivity contribution in [3.05, 3.63) is 98.8 Å². The van der Waals surface area contributed by atoms with E-state index in [1.165, 1.54) is 18.2 Å². The van der Waals surface area contributed by atoms with Gasteiger partial charge in [-0.3, -0.25) is 9.59 Å². The highest BCUT2D eigenvalue weighted by Crippen LogP contribution is 2.38. The number of aryl methyl sites for hydroxylation is 1. The molecule has 4 nitrogen and oxygen atoms in total. The van der Waals surface area contributed by atoms with Crippen LogP contribution in [0, 0.1) is 12.7 Å². The molecule has 1 aliphatic rings. The monoisotopic (exact) mass is 472 g/mol. The molecule has 0 aliphatic carbocycles. The molecule has 1 aliphatic heterocycles. The molecule has 0 spiro atoms. The molecular formula is C23H15Cl2FN2O2S. The van der Waals surface area contributed by atoms with Crippen LogP contribution in [-0.4, -0.2) is 11.8 Å². The Morgan fingerprint density at radius 2 is 1.58 bits per heavy atom. The second-order valence-corrected chi connectivity index (χ2v) is 8.72. The molecule has 0 saturated carbocycles. The highest BCUT2D eigenvalue weighted by molar-refractivity contribution is 8.04. The molecule has 0 fully saturated rings. The number of anilines is 2. The van der Waals surface area contributed by atoms with Crippen molar-refractivity contribution in [2.24, 2.45) is 0 Å². The van der Waals surface area contributed by atoms with Crippen LogP contribution in [0.15, 0.2) is 82.2 Å². The predicted molar refractivity (Wildman–Crippen MR) is 123 cm³/mol. The number of benzene rings is 3. The zero-order chi connectivity index (χ0) is 22.1. The average molecular weight is 473 g/mol. The van der Waals surface area contributed by atoms with Crippen molar-refractivity contribution in [1.82, 2.24) is 0 Å². The van der Waals surface area contributed by atoms with Crippen LogP contribution in [0.5, 0.6) is 0 Å². The van der Waals surface area contributed by atoms with Crippen molar-refractivity contribution in [2.75, 3.05) is 10.2 Å². The number of rotatable bonds is 5. The van der Waals surface area contributed by atoms with Gasteiger partial charge in [-0.05, 0) is 61.5 Å². The standard InChI is InChI=1S/C23H15Cl2FN2O2S/c1-13-2-7-16(8-3-13)28-22(29)20(27-15-6-11-19(26)18(25)12-15)21(23(28)30)31-17-9-4-14(24)5-10-17/h2-12,27H,1H3. The number of halogens is 3. The number of hydrogen-bond donors (Lipinski definition) is 1. The molecule has 0 atom stereocenters. The largest absolute Gasteiger partial charge is 0.350 e. The third-order valence-electron chi connectivity index (χ3n) is 4.56. The number of carbonyl (C=O) groups is 2. The second-order valence-electron chi connectivity index (χ2n) is 6.80. The molecule has 2 amide bonds. The molecule has 1 heterocycles. The zero-order valence-electron chi connectivity index (χ0n) is 16.2. The van der Waals surface area contributed by atoms with Crippen LogP contribution in [-0.2, 0) is 9.59 Å². The fraction of sp³-hybridized carbons (Fsp3) is 0.0435. The molecule has 4 rings (SSSR count). The lowest BCUT2D eigenvalue weighted by Crippen LogP contribution is -2.32. The zero-order valence-corrected chi connectivity index (χ0v) is 18.5. The fourth-order valence-electron chi connectivity index (χ4n) is 2.98. The number of nitrogens with one attached hydrogen (secondary N) is 1. The van der Waals surface area contributed by atoms with Gasteiger partial charge in [0, 0.05) is 15.6 Å². The maximum Gasteiger partial charge on any atom is 0.283 e. The van der Waals surface area contributed by atoms with Crippen molar-refractivity contribution < 1.29 is 14.0 Å². The summed E-state index contributed by atoms with van der Waals surface area (Å²) in [6.07, 6.45) is 0. The molecule has 8 heteroatoms. The normalized spacial score (nSPS) is 13.9. The van der Waals surface area contributed by atoms with E-state index in [1.54, 1.807) is 36.4 Å². The van der Waals surface area contributed by atoms with E-state index in [9.17, 15) is 14.0 Å². The highest BCUT2D eigenvalue weighted by atomic mass is 35.5. The van der Waals surface area contributed by atoms with E-state index >= 15 is 0 Å². The Morgan fingerprint density at radius 1 is 0.903 bits per heavy atom. The van der Waals surface area contributed by atoms with Gasteiger partial charge in [-0.25, -0.2) is 9.29 Å². The first-order chi connectivity index (χ1) is 14.8. The molecule has 0 bridgehead atoms. The lowest BCUT2D eigenvalue weighted by molar-refractivity contribution is -0.120. The summed E-state index contributed by atoms with van der Waals surface area (Å²) in [5.41, 5.74) is 1.95. The molecule has 0 radical (unpaired) electrons. The molecule has 3 aromatic rings. The molecule has 1 N–H and O–H groups in total. The van der Waals surface area contributed by atoms with E-state index < -0.39 is 17.6 Å². The van der Waals surface area contributed by atoms with Crippen molar-refractivity contribution >= 4 is 58.2 Å². The molecular weight excluding hydrogens is 458 g/mol. The van der Waals surface area contributed by atoms with Gasteiger partial charge in [0.05, 0.1) is 10.7 Å². The predicted octanol–water partition coefficient (Wildman–Crippen LogP) is 6.43. The minimum Gasteiger partial charge on any atom is -0.350 e. The van der Waals surface area contributed by atoms with Gasteiger partial charge in [-0.15, -0.1) is 0 Å². The molecule has 3 aromatic carbocycles. The van der Waals surface area contributed by atoms with Gasteiger partial charge in [-0.2, -0.15) is 0 Å². The first-order valence-electron chi connectivity index (χ1n) is 9.19. The molecule has 31 heavy (non-hydrogen) atoms. The topological polar surface area (TPSA) is 49.4 Å². The van der Waals surface area contributed by atoms with E-state index in [0.29, 0.717) is 16.4 Å². The Kier molecular flexibility index (Phi) is 6.05. The SMILES string of the molecule is Cc1ccc(N2C(=O)C(Nc3ccc(F)c(Cl)c3)=C(Sc3ccc(Cl)cc3)C2=O)cc1. The fourth-order valence-corrected chi connectivity index (χ4v) is 4.22. The summed E-state index contributed by atoms with van der Waals surface area (Å²) in [7, 11) is 0. The van der Waals surface area contributed by atoms with Crippen LogP contribution in [0.2, 0.25) is 10.0 Å². The Balaban J connectivity index is 1.74. The maximum absolute atomic E-state index is 13.5. The van der Waals surface area contributed by atoms with E-state index in [0.717, 1.165) is 27.1 Å². The summed E-state index contributed by atoms with van der Waals surface area (Å²) in [4.78, 5) is 28.6. The minimum absolute atomic E-state index is 0.0909. The lowest BCUT2D eigenvalue weighted by atomic mass is 10.2. The van der Waals surface area contributed by atoms with Crippen molar-refractivity contribution in [1.29, 1.82) is 0 Å². The molecule has 0 unspecified atom stereocenters. The summed E-state index contributed by atoms with van der Waals surface area (Å²) < 4.78 is 13.5. The maximum atomic E-state index is 13.5. The smallest absolute Gasteiger partial charge is 0.283 e. The van der Waals surface area contributed by atoms with Crippen molar-refractivity contribution in [2.45, 2.75) is 11.8 Å².